The van der Waals surface area contributed by atoms with Gasteiger partial charge >= 0.3 is 0 Å². The highest BCUT2D eigenvalue weighted by atomic mass is 16.5. The highest BCUT2D eigenvalue weighted by Crippen LogP contribution is 2.34. The van der Waals surface area contributed by atoms with Crippen molar-refractivity contribution in [3.63, 3.8) is 0 Å². The Morgan fingerprint density at radius 3 is 2.90 bits per heavy atom. The van der Waals surface area contributed by atoms with Crippen molar-refractivity contribution >= 4 is 22.6 Å². The molecule has 1 aliphatic carbocycles. The number of nitrogens with zero attached hydrogens (tertiary/aromatic N) is 4. The van der Waals surface area contributed by atoms with Crippen LogP contribution < -0.4 is 15.2 Å². The summed E-state index contributed by atoms with van der Waals surface area (Å²) in [6, 6.07) is 7.12. The van der Waals surface area contributed by atoms with Crippen molar-refractivity contribution in [2.75, 3.05) is 18.1 Å². The zero-order valence-electron chi connectivity index (χ0n) is 17.9. The summed E-state index contributed by atoms with van der Waals surface area (Å²) in [7, 11) is 0. The fourth-order valence-corrected chi connectivity index (χ4v) is 4.64. The summed E-state index contributed by atoms with van der Waals surface area (Å²) in [5, 5.41) is 0.493. The average molecular weight is 418 g/mol. The van der Waals surface area contributed by atoms with Crippen molar-refractivity contribution in [1.82, 2.24) is 14.5 Å². The Balaban J connectivity index is 1.56. The lowest BCUT2D eigenvalue weighted by Gasteiger charge is -2.32. The van der Waals surface area contributed by atoms with Gasteiger partial charge in [-0.3, -0.25) is 14.2 Å². The number of benzene rings is 1. The van der Waals surface area contributed by atoms with E-state index in [9.17, 15) is 9.59 Å². The maximum atomic E-state index is 13.6. The van der Waals surface area contributed by atoms with E-state index in [4.69, 9.17) is 4.74 Å². The molecule has 3 heterocycles. The molecule has 0 N–H and O–H groups in total. The van der Waals surface area contributed by atoms with Gasteiger partial charge in [-0.15, -0.1) is 0 Å². The molecule has 1 amide bonds. The van der Waals surface area contributed by atoms with Crippen LogP contribution in [0.2, 0.25) is 0 Å². The lowest BCUT2D eigenvalue weighted by atomic mass is 9.95. The zero-order chi connectivity index (χ0) is 21.5. The van der Waals surface area contributed by atoms with Crippen LogP contribution in [0, 0.1) is 6.92 Å². The highest BCUT2D eigenvalue weighted by molar-refractivity contribution is 5.98. The van der Waals surface area contributed by atoms with Gasteiger partial charge in [0.15, 0.2) is 5.65 Å². The molecule has 0 unspecified atom stereocenters. The van der Waals surface area contributed by atoms with Crippen molar-refractivity contribution in [3.05, 3.63) is 57.8 Å². The van der Waals surface area contributed by atoms with Gasteiger partial charge in [0, 0.05) is 5.69 Å². The van der Waals surface area contributed by atoms with Gasteiger partial charge < -0.3 is 9.64 Å². The Morgan fingerprint density at radius 2 is 2.06 bits per heavy atom. The fourth-order valence-electron chi connectivity index (χ4n) is 4.64. The molecule has 160 valence electrons. The molecular weight excluding hydrogens is 392 g/mol. The normalized spacial score (nSPS) is 16.4. The molecule has 5 rings (SSSR count). The molecule has 2 aliphatic rings. The largest absolute Gasteiger partial charge is 0.490 e. The molecule has 1 aromatic carbocycles. The van der Waals surface area contributed by atoms with Crippen LogP contribution in [0.1, 0.15) is 49.0 Å². The molecule has 0 bridgehead atoms. The third-order valence-corrected chi connectivity index (χ3v) is 6.30. The summed E-state index contributed by atoms with van der Waals surface area (Å²) < 4.78 is 7.21. The van der Waals surface area contributed by atoms with Gasteiger partial charge in [0.1, 0.15) is 24.7 Å². The van der Waals surface area contributed by atoms with Crippen LogP contribution in [0.15, 0.2) is 35.4 Å². The first kappa shape index (κ1) is 19.7. The minimum atomic E-state index is -0.633. The molecule has 31 heavy (non-hydrogen) atoms. The van der Waals surface area contributed by atoms with Crippen LogP contribution in [-0.2, 0) is 17.6 Å². The minimum absolute atomic E-state index is 0.119. The average Bonchev–Trinajstić information content (AvgIpc) is 2.79. The number of rotatable bonds is 3. The standard InChI is InChI=1S/C24H26N4O3/c1-3-19(24(30)27-10-11-31-21-9-8-15(2)12-20(21)27)28-14-25-22-17(23(28)29)13-16-6-4-5-7-18(16)26-22/h8-9,12-14,19H,3-7,10-11H2,1-2H3/t19-/m0/s1. The van der Waals surface area contributed by atoms with Gasteiger partial charge in [0.25, 0.3) is 5.56 Å². The second kappa shape index (κ2) is 7.80. The molecule has 0 saturated carbocycles. The van der Waals surface area contributed by atoms with Crippen LogP contribution in [0.5, 0.6) is 5.75 Å². The summed E-state index contributed by atoms with van der Waals surface area (Å²) in [5.41, 5.74) is 4.25. The molecular formula is C24H26N4O3. The Kier molecular flexibility index (Phi) is 4.96. The summed E-state index contributed by atoms with van der Waals surface area (Å²) in [4.78, 5) is 37.8. The van der Waals surface area contributed by atoms with Crippen LogP contribution in [0.25, 0.3) is 11.0 Å². The smallest absolute Gasteiger partial charge is 0.263 e. The first-order chi connectivity index (χ1) is 15.1. The molecule has 1 atom stereocenters. The third-order valence-electron chi connectivity index (χ3n) is 6.30. The predicted octanol–water partition coefficient (Wildman–Crippen LogP) is 3.36. The number of amides is 1. The van der Waals surface area contributed by atoms with Crippen molar-refractivity contribution in [3.8, 4) is 5.75 Å². The molecule has 1 aliphatic heterocycles. The van der Waals surface area contributed by atoms with E-state index in [0.717, 1.165) is 48.2 Å². The number of ether oxygens (including phenoxy) is 1. The third kappa shape index (κ3) is 3.38. The minimum Gasteiger partial charge on any atom is -0.490 e. The molecule has 0 saturated heterocycles. The van der Waals surface area contributed by atoms with Crippen molar-refractivity contribution in [2.24, 2.45) is 0 Å². The van der Waals surface area contributed by atoms with E-state index in [0.29, 0.717) is 36.4 Å². The first-order valence-electron chi connectivity index (χ1n) is 11.0. The molecule has 0 spiro atoms. The zero-order valence-corrected chi connectivity index (χ0v) is 17.9. The maximum absolute atomic E-state index is 13.6. The summed E-state index contributed by atoms with van der Waals surface area (Å²) in [6.45, 7) is 4.79. The van der Waals surface area contributed by atoms with Crippen LogP contribution in [0.4, 0.5) is 5.69 Å². The van der Waals surface area contributed by atoms with Gasteiger partial charge in [-0.2, -0.15) is 0 Å². The molecule has 2 aromatic heterocycles. The number of aryl methyl sites for hydroxylation is 3. The van der Waals surface area contributed by atoms with Crippen molar-refractivity contribution in [1.29, 1.82) is 0 Å². The maximum Gasteiger partial charge on any atom is 0.263 e. The van der Waals surface area contributed by atoms with E-state index in [1.165, 1.54) is 10.9 Å². The quantitative estimate of drug-likeness (QED) is 0.652. The van der Waals surface area contributed by atoms with E-state index < -0.39 is 6.04 Å². The van der Waals surface area contributed by atoms with E-state index in [-0.39, 0.29) is 11.5 Å². The van der Waals surface area contributed by atoms with Gasteiger partial charge in [0.2, 0.25) is 5.91 Å². The van der Waals surface area contributed by atoms with E-state index in [2.05, 4.69) is 9.97 Å². The second-order valence-corrected chi connectivity index (χ2v) is 8.36. The van der Waals surface area contributed by atoms with E-state index in [1.807, 2.05) is 38.1 Å². The molecule has 7 nitrogen and oxygen atoms in total. The summed E-state index contributed by atoms with van der Waals surface area (Å²) in [6.07, 6.45) is 6.07. The number of fused-ring (bicyclic) bond motifs is 3. The topological polar surface area (TPSA) is 77.3 Å². The second-order valence-electron chi connectivity index (χ2n) is 8.36. The Hall–Kier alpha value is -3.22. The van der Waals surface area contributed by atoms with Crippen LogP contribution >= 0.6 is 0 Å². The number of aromatic nitrogens is 3. The van der Waals surface area contributed by atoms with Gasteiger partial charge in [-0.25, -0.2) is 9.97 Å². The number of hydrogen-bond acceptors (Lipinski definition) is 5. The Bertz CT molecular complexity index is 1230. The molecule has 7 heteroatoms. The molecule has 0 fully saturated rings. The van der Waals surface area contributed by atoms with Gasteiger partial charge in [-0.05, 0) is 68.4 Å². The Labute approximate surface area is 180 Å². The molecule has 0 radical (unpaired) electrons. The van der Waals surface area contributed by atoms with E-state index in [1.54, 1.807) is 4.90 Å². The van der Waals surface area contributed by atoms with Crippen molar-refractivity contribution < 1.29 is 9.53 Å². The van der Waals surface area contributed by atoms with Crippen molar-refractivity contribution in [2.45, 2.75) is 52.0 Å². The van der Waals surface area contributed by atoms with Crippen LogP contribution in [0.3, 0.4) is 0 Å². The number of carbonyl (C=O) groups excluding carboxylic acids is 1. The predicted molar refractivity (Wildman–Crippen MR) is 119 cm³/mol. The lowest BCUT2D eigenvalue weighted by molar-refractivity contribution is -0.122. The Morgan fingerprint density at radius 1 is 1.23 bits per heavy atom. The summed E-state index contributed by atoms with van der Waals surface area (Å²) >= 11 is 0. The number of hydrogen-bond donors (Lipinski definition) is 0. The number of carbonyl (C=O) groups is 1. The monoisotopic (exact) mass is 418 g/mol. The first-order valence-corrected chi connectivity index (χ1v) is 11.0. The van der Waals surface area contributed by atoms with E-state index >= 15 is 0 Å². The van der Waals surface area contributed by atoms with Gasteiger partial charge in [0.05, 0.1) is 17.6 Å². The summed E-state index contributed by atoms with van der Waals surface area (Å²) in [5.74, 6) is 0.576. The number of anilines is 1. The fraction of sp³-hybridized carbons (Fsp3) is 0.417. The van der Waals surface area contributed by atoms with Crippen LogP contribution in [-0.4, -0.2) is 33.6 Å². The highest BCUT2D eigenvalue weighted by Gasteiger charge is 2.31. The number of pyridine rings is 1. The molecule has 3 aromatic rings. The SMILES string of the molecule is CC[C@@H](C(=O)N1CCOc2ccc(C)cc21)n1cnc2nc3c(cc2c1=O)CCCC3. The van der Waals surface area contributed by atoms with Gasteiger partial charge in [-0.1, -0.05) is 13.0 Å². The lowest BCUT2D eigenvalue weighted by Crippen LogP contribution is -2.44.